The van der Waals surface area contributed by atoms with Crippen molar-refractivity contribution in [3.63, 3.8) is 0 Å². The predicted molar refractivity (Wildman–Crippen MR) is 121 cm³/mol. The van der Waals surface area contributed by atoms with Crippen LogP contribution in [0.2, 0.25) is 0 Å². The summed E-state index contributed by atoms with van der Waals surface area (Å²) in [6.07, 6.45) is 1.16. The summed E-state index contributed by atoms with van der Waals surface area (Å²) in [5.74, 6) is -0.439. The van der Waals surface area contributed by atoms with Gasteiger partial charge < -0.3 is 15.1 Å². The SMILES string of the molecule is CN(C)C1CCN(c2ccc(NC(=O)c3ccc(-c4cccc(F)c4)cc3)cc2)C1. The molecule has 1 amide bonds. The number of hydrogen-bond acceptors (Lipinski definition) is 3. The number of benzene rings is 3. The Balaban J connectivity index is 1.39. The summed E-state index contributed by atoms with van der Waals surface area (Å²) < 4.78 is 13.4. The van der Waals surface area contributed by atoms with E-state index < -0.39 is 0 Å². The molecule has 1 unspecified atom stereocenters. The largest absolute Gasteiger partial charge is 0.370 e. The van der Waals surface area contributed by atoms with Crippen molar-refractivity contribution in [2.24, 2.45) is 0 Å². The molecule has 3 aromatic rings. The van der Waals surface area contributed by atoms with Crippen LogP contribution in [0.25, 0.3) is 11.1 Å². The van der Waals surface area contributed by atoms with Gasteiger partial charge in [-0.1, -0.05) is 24.3 Å². The molecule has 3 aromatic carbocycles. The third-order valence-corrected chi connectivity index (χ3v) is 5.69. The average molecular weight is 404 g/mol. The van der Waals surface area contributed by atoms with Gasteiger partial charge in [-0.15, -0.1) is 0 Å². The van der Waals surface area contributed by atoms with Gasteiger partial charge >= 0.3 is 0 Å². The zero-order valence-electron chi connectivity index (χ0n) is 17.3. The Morgan fingerprint density at radius 1 is 1.00 bits per heavy atom. The first-order valence-corrected chi connectivity index (χ1v) is 10.2. The maximum absolute atomic E-state index is 13.4. The molecule has 1 aliphatic heterocycles. The first-order valence-electron chi connectivity index (χ1n) is 10.2. The number of amides is 1. The van der Waals surface area contributed by atoms with E-state index in [2.05, 4.69) is 41.3 Å². The van der Waals surface area contributed by atoms with Crippen LogP contribution in [-0.4, -0.2) is 44.0 Å². The van der Waals surface area contributed by atoms with E-state index in [1.54, 1.807) is 18.2 Å². The fraction of sp³-hybridized carbons (Fsp3) is 0.240. The first-order chi connectivity index (χ1) is 14.5. The normalized spacial score (nSPS) is 16.1. The number of carbonyl (C=O) groups excluding carboxylic acids is 1. The molecule has 30 heavy (non-hydrogen) atoms. The van der Waals surface area contributed by atoms with E-state index in [0.717, 1.165) is 36.3 Å². The third kappa shape index (κ3) is 4.52. The van der Waals surface area contributed by atoms with E-state index in [-0.39, 0.29) is 11.7 Å². The predicted octanol–water partition coefficient (Wildman–Crippen LogP) is 4.89. The average Bonchev–Trinajstić information content (AvgIpc) is 3.25. The first kappa shape index (κ1) is 20.1. The molecule has 4 rings (SSSR count). The van der Waals surface area contributed by atoms with E-state index >= 15 is 0 Å². The Morgan fingerprint density at radius 3 is 2.37 bits per heavy atom. The summed E-state index contributed by atoms with van der Waals surface area (Å²) >= 11 is 0. The van der Waals surface area contributed by atoms with E-state index in [4.69, 9.17) is 0 Å². The van der Waals surface area contributed by atoms with Crippen LogP contribution in [0.15, 0.2) is 72.8 Å². The van der Waals surface area contributed by atoms with Gasteiger partial charge in [0.25, 0.3) is 5.91 Å². The van der Waals surface area contributed by atoms with Crippen molar-refractivity contribution < 1.29 is 9.18 Å². The van der Waals surface area contributed by atoms with Gasteiger partial charge in [-0.05, 0) is 80.2 Å². The standard InChI is InChI=1S/C25H26FN3O/c1-28(2)24-14-15-29(17-24)23-12-10-22(11-13-23)27-25(30)19-8-6-18(7-9-19)20-4-3-5-21(26)16-20/h3-13,16,24H,14-15,17H2,1-2H3,(H,27,30). The summed E-state index contributed by atoms with van der Waals surface area (Å²) in [4.78, 5) is 17.2. The molecule has 5 heteroatoms. The number of nitrogens with zero attached hydrogens (tertiary/aromatic N) is 2. The second-order valence-electron chi connectivity index (χ2n) is 7.94. The molecule has 0 spiro atoms. The number of likely N-dealkylation sites (N-methyl/N-ethyl adjacent to an activating group) is 1. The van der Waals surface area contributed by atoms with Crippen molar-refractivity contribution in [3.8, 4) is 11.1 Å². The van der Waals surface area contributed by atoms with Gasteiger partial charge in [0.1, 0.15) is 5.82 Å². The van der Waals surface area contributed by atoms with Gasteiger partial charge in [0, 0.05) is 36.1 Å². The van der Waals surface area contributed by atoms with Crippen molar-refractivity contribution in [3.05, 3.63) is 84.2 Å². The number of anilines is 2. The molecule has 1 aliphatic rings. The molecule has 154 valence electrons. The van der Waals surface area contributed by atoms with Crippen molar-refractivity contribution in [2.45, 2.75) is 12.5 Å². The molecule has 1 N–H and O–H groups in total. The zero-order chi connectivity index (χ0) is 21.1. The lowest BCUT2D eigenvalue weighted by atomic mass is 10.0. The molecule has 0 bridgehead atoms. The van der Waals surface area contributed by atoms with Crippen LogP contribution in [0.3, 0.4) is 0 Å². The third-order valence-electron chi connectivity index (χ3n) is 5.69. The fourth-order valence-corrected chi connectivity index (χ4v) is 3.84. The lowest BCUT2D eigenvalue weighted by Gasteiger charge is -2.22. The summed E-state index contributed by atoms with van der Waals surface area (Å²) in [5.41, 5.74) is 4.17. The molecule has 1 heterocycles. The Labute approximate surface area is 176 Å². The van der Waals surface area contributed by atoms with Gasteiger partial charge in [-0.3, -0.25) is 4.79 Å². The lowest BCUT2D eigenvalue weighted by molar-refractivity contribution is 0.102. The Bertz CT molecular complexity index is 1020. The van der Waals surface area contributed by atoms with Crippen LogP contribution in [0.1, 0.15) is 16.8 Å². The molecule has 1 saturated heterocycles. The van der Waals surface area contributed by atoms with E-state index in [9.17, 15) is 9.18 Å². The van der Waals surface area contributed by atoms with E-state index in [0.29, 0.717) is 11.6 Å². The van der Waals surface area contributed by atoms with Gasteiger partial charge in [0.2, 0.25) is 0 Å². The topological polar surface area (TPSA) is 35.6 Å². The minimum atomic E-state index is -0.274. The van der Waals surface area contributed by atoms with Gasteiger partial charge in [-0.2, -0.15) is 0 Å². The molecule has 0 radical (unpaired) electrons. The van der Waals surface area contributed by atoms with Crippen molar-refractivity contribution in [2.75, 3.05) is 37.4 Å². The van der Waals surface area contributed by atoms with Gasteiger partial charge in [0.15, 0.2) is 0 Å². The number of carbonyl (C=O) groups is 1. The Kier molecular flexibility index (Phi) is 5.81. The summed E-state index contributed by atoms with van der Waals surface area (Å²) in [6, 6.07) is 22.2. The highest BCUT2D eigenvalue weighted by Crippen LogP contribution is 2.25. The van der Waals surface area contributed by atoms with Crippen molar-refractivity contribution >= 4 is 17.3 Å². The molecular weight excluding hydrogens is 377 g/mol. The second kappa shape index (κ2) is 8.67. The van der Waals surface area contributed by atoms with E-state index in [1.807, 2.05) is 30.3 Å². The molecule has 0 aliphatic carbocycles. The quantitative estimate of drug-likeness (QED) is 0.659. The molecule has 0 saturated carbocycles. The van der Waals surface area contributed by atoms with Crippen LogP contribution in [0.4, 0.5) is 15.8 Å². The van der Waals surface area contributed by atoms with Crippen LogP contribution >= 0.6 is 0 Å². The van der Waals surface area contributed by atoms with Crippen LogP contribution < -0.4 is 10.2 Å². The van der Waals surface area contributed by atoms with Crippen LogP contribution in [0.5, 0.6) is 0 Å². The lowest BCUT2D eigenvalue weighted by Crippen LogP contribution is -2.31. The maximum atomic E-state index is 13.4. The minimum Gasteiger partial charge on any atom is -0.370 e. The van der Waals surface area contributed by atoms with Gasteiger partial charge in [-0.25, -0.2) is 4.39 Å². The number of rotatable bonds is 5. The molecule has 1 atom stereocenters. The summed E-state index contributed by atoms with van der Waals surface area (Å²) in [7, 11) is 4.24. The Hall–Kier alpha value is -3.18. The van der Waals surface area contributed by atoms with E-state index in [1.165, 1.54) is 17.8 Å². The highest BCUT2D eigenvalue weighted by Gasteiger charge is 2.23. The fourth-order valence-electron chi connectivity index (χ4n) is 3.84. The maximum Gasteiger partial charge on any atom is 0.255 e. The summed E-state index contributed by atoms with van der Waals surface area (Å²) in [6.45, 7) is 2.07. The minimum absolute atomic E-state index is 0.164. The Morgan fingerprint density at radius 2 is 1.73 bits per heavy atom. The van der Waals surface area contributed by atoms with Crippen LogP contribution in [-0.2, 0) is 0 Å². The highest BCUT2D eigenvalue weighted by atomic mass is 19.1. The number of nitrogens with one attached hydrogen (secondary N) is 1. The highest BCUT2D eigenvalue weighted by molar-refractivity contribution is 6.04. The zero-order valence-corrected chi connectivity index (χ0v) is 17.3. The second-order valence-corrected chi connectivity index (χ2v) is 7.94. The smallest absolute Gasteiger partial charge is 0.255 e. The molecule has 4 nitrogen and oxygen atoms in total. The number of halogens is 1. The molecule has 0 aromatic heterocycles. The number of hydrogen-bond donors (Lipinski definition) is 1. The monoisotopic (exact) mass is 403 g/mol. The van der Waals surface area contributed by atoms with Crippen molar-refractivity contribution in [1.29, 1.82) is 0 Å². The molecule has 1 fully saturated rings. The molecular formula is C25H26FN3O. The van der Waals surface area contributed by atoms with Gasteiger partial charge in [0.05, 0.1) is 0 Å². The van der Waals surface area contributed by atoms with Crippen LogP contribution in [0, 0.1) is 5.82 Å². The summed E-state index contributed by atoms with van der Waals surface area (Å²) in [5, 5.41) is 2.95. The van der Waals surface area contributed by atoms with Crippen molar-refractivity contribution in [1.82, 2.24) is 4.90 Å².